The Morgan fingerprint density at radius 1 is 1.04 bits per heavy atom. The molecule has 0 aromatic heterocycles. The Kier molecular flexibility index (Phi) is 5.42. The standard InChI is InChI=1S/C22H28N2O/c1-15-8-9-17(14-21(15)22(25)23-3)13-18-10-11-20(12-16(18)2)24-19-6-4-5-7-19/h8-12,14,19,24H,4-7,13H2,1-3H3,(H,23,25). The summed E-state index contributed by atoms with van der Waals surface area (Å²) < 4.78 is 0. The van der Waals surface area contributed by atoms with Crippen molar-refractivity contribution in [2.45, 2.75) is 52.0 Å². The molecule has 0 aliphatic heterocycles. The van der Waals surface area contributed by atoms with Gasteiger partial charge in [-0.1, -0.05) is 31.0 Å². The van der Waals surface area contributed by atoms with E-state index in [1.165, 1.54) is 48.1 Å². The molecule has 3 rings (SSSR count). The first-order chi connectivity index (χ1) is 12.1. The van der Waals surface area contributed by atoms with Gasteiger partial charge in [0.1, 0.15) is 0 Å². The van der Waals surface area contributed by atoms with E-state index in [-0.39, 0.29) is 5.91 Å². The molecule has 132 valence electrons. The van der Waals surface area contributed by atoms with Gasteiger partial charge in [0.25, 0.3) is 5.91 Å². The Bertz CT molecular complexity index is 761. The van der Waals surface area contributed by atoms with E-state index < -0.39 is 0 Å². The van der Waals surface area contributed by atoms with Gasteiger partial charge in [-0.2, -0.15) is 0 Å². The Morgan fingerprint density at radius 3 is 2.48 bits per heavy atom. The predicted molar refractivity (Wildman–Crippen MR) is 104 cm³/mol. The predicted octanol–water partition coefficient (Wildman–Crippen LogP) is 4.61. The quantitative estimate of drug-likeness (QED) is 0.837. The van der Waals surface area contributed by atoms with Crippen molar-refractivity contribution in [1.82, 2.24) is 5.32 Å². The lowest BCUT2D eigenvalue weighted by Gasteiger charge is -2.16. The molecule has 1 aliphatic rings. The molecule has 2 aromatic carbocycles. The SMILES string of the molecule is CNC(=O)c1cc(Cc2ccc(NC3CCCC3)cc2C)ccc1C. The van der Waals surface area contributed by atoms with E-state index >= 15 is 0 Å². The largest absolute Gasteiger partial charge is 0.382 e. The fourth-order valence-corrected chi connectivity index (χ4v) is 3.67. The van der Waals surface area contributed by atoms with Crippen LogP contribution < -0.4 is 10.6 Å². The Hall–Kier alpha value is -2.29. The lowest BCUT2D eigenvalue weighted by Crippen LogP contribution is -2.19. The van der Waals surface area contributed by atoms with Crippen molar-refractivity contribution in [1.29, 1.82) is 0 Å². The Morgan fingerprint density at radius 2 is 1.80 bits per heavy atom. The van der Waals surface area contributed by atoms with E-state index in [2.05, 4.69) is 41.8 Å². The molecule has 0 unspecified atom stereocenters. The summed E-state index contributed by atoms with van der Waals surface area (Å²) in [5, 5.41) is 6.38. The minimum atomic E-state index is -0.0211. The maximum Gasteiger partial charge on any atom is 0.251 e. The second kappa shape index (κ2) is 7.73. The van der Waals surface area contributed by atoms with E-state index in [0.29, 0.717) is 6.04 Å². The minimum Gasteiger partial charge on any atom is -0.382 e. The number of nitrogens with one attached hydrogen (secondary N) is 2. The molecule has 1 aliphatic carbocycles. The molecule has 25 heavy (non-hydrogen) atoms. The molecule has 3 heteroatoms. The monoisotopic (exact) mass is 336 g/mol. The lowest BCUT2D eigenvalue weighted by molar-refractivity contribution is 0.0962. The molecule has 1 fully saturated rings. The Labute approximate surface area is 150 Å². The number of benzene rings is 2. The van der Waals surface area contributed by atoms with Crippen molar-refractivity contribution in [2.24, 2.45) is 0 Å². The number of amides is 1. The highest BCUT2D eigenvalue weighted by Gasteiger charge is 2.15. The van der Waals surface area contributed by atoms with E-state index in [1.54, 1.807) is 7.05 Å². The molecule has 0 atom stereocenters. The average Bonchev–Trinajstić information content (AvgIpc) is 3.11. The van der Waals surface area contributed by atoms with Gasteiger partial charge in [0.2, 0.25) is 0 Å². The van der Waals surface area contributed by atoms with Crippen molar-refractivity contribution >= 4 is 11.6 Å². The highest BCUT2D eigenvalue weighted by Crippen LogP contribution is 2.25. The number of carbonyl (C=O) groups is 1. The molecular formula is C22H28N2O. The van der Waals surface area contributed by atoms with E-state index in [9.17, 15) is 4.79 Å². The molecule has 2 aromatic rings. The zero-order chi connectivity index (χ0) is 17.8. The summed E-state index contributed by atoms with van der Waals surface area (Å²) in [5.41, 5.74) is 6.77. The number of aryl methyl sites for hydroxylation is 2. The summed E-state index contributed by atoms with van der Waals surface area (Å²) in [6.45, 7) is 4.14. The molecule has 3 nitrogen and oxygen atoms in total. The van der Waals surface area contributed by atoms with Crippen LogP contribution in [0.5, 0.6) is 0 Å². The van der Waals surface area contributed by atoms with Crippen LogP contribution in [0, 0.1) is 13.8 Å². The second-order valence-electron chi connectivity index (χ2n) is 7.17. The number of hydrogen-bond donors (Lipinski definition) is 2. The van der Waals surface area contributed by atoms with Gasteiger partial charge >= 0.3 is 0 Å². The highest BCUT2D eigenvalue weighted by molar-refractivity contribution is 5.95. The van der Waals surface area contributed by atoms with Crippen molar-refractivity contribution in [3.8, 4) is 0 Å². The summed E-state index contributed by atoms with van der Waals surface area (Å²) in [7, 11) is 1.68. The van der Waals surface area contributed by atoms with Crippen LogP contribution in [0.25, 0.3) is 0 Å². The fraction of sp³-hybridized carbons (Fsp3) is 0.409. The van der Waals surface area contributed by atoms with Gasteiger partial charge in [0.15, 0.2) is 0 Å². The zero-order valence-electron chi connectivity index (χ0n) is 15.5. The van der Waals surface area contributed by atoms with Crippen LogP contribution in [0.1, 0.15) is 58.3 Å². The maximum absolute atomic E-state index is 12.0. The number of carbonyl (C=O) groups excluding carboxylic acids is 1. The number of anilines is 1. The maximum atomic E-state index is 12.0. The molecule has 0 spiro atoms. The van der Waals surface area contributed by atoms with Gasteiger partial charge in [0.05, 0.1) is 0 Å². The molecular weight excluding hydrogens is 308 g/mol. The van der Waals surface area contributed by atoms with Crippen LogP contribution in [0.3, 0.4) is 0 Å². The van der Waals surface area contributed by atoms with Gasteiger partial charge in [-0.25, -0.2) is 0 Å². The Balaban J connectivity index is 1.75. The first-order valence-corrected chi connectivity index (χ1v) is 9.24. The minimum absolute atomic E-state index is 0.0211. The van der Waals surface area contributed by atoms with Crippen LogP contribution in [-0.4, -0.2) is 19.0 Å². The topological polar surface area (TPSA) is 41.1 Å². The van der Waals surface area contributed by atoms with Crippen molar-refractivity contribution in [2.75, 3.05) is 12.4 Å². The molecule has 1 amide bonds. The first kappa shape index (κ1) is 17.5. The molecule has 0 radical (unpaired) electrons. The summed E-state index contributed by atoms with van der Waals surface area (Å²) >= 11 is 0. The molecule has 0 heterocycles. The third-order valence-corrected chi connectivity index (χ3v) is 5.24. The van der Waals surface area contributed by atoms with E-state index in [0.717, 1.165) is 17.5 Å². The summed E-state index contributed by atoms with van der Waals surface area (Å²) in [6, 6.07) is 13.5. The molecule has 0 bridgehead atoms. The molecule has 0 saturated heterocycles. The van der Waals surface area contributed by atoms with Crippen LogP contribution in [0.4, 0.5) is 5.69 Å². The molecule has 1 saturated carbocycles. The van der Waals surface area contributed by atoms with Gasteiger partial charge in [-0.05, 0) is 73.6 Å². The third kappa shape index (κ3) is 4.22. The van der Waals surface area contributed by atoms with Crippen LogP contribution in [-0.2, 0) is 6.42 Å². The van der Waals surface area contributed by atoms with Crippen molar-refractivity contribution in [3.05, 3.63) is 64.2 Å². The van der Waals surface area contributed by atoms with Crippen LogP contribution in [0.15, 0.2) is 36.4 Å². The summed E-state index contributed by atoms with van der Waals surface area (Å²) in [5.74, 6) is -0.0211. The second-order valence-corrected chi connectivity index (χ2v) is 7.17. The smallest absolute Gasteiger partial charge is 0.251 e. The number of hydrogen-bond acceptors (Lipinski definition) is 2. The normalized spacial score (nSPS) is 14.5. The highest BCUT2D eigenvalue weighted by atomic mass is 16.1. The molecule has 2 N–H and O–H groups in total. The third-order valence-electron chi connectivity index (χ3n) is 5.24. The average molecular weight is 336 g/mol. The summed E-state index contributed by atoms with van der Waals surface area (Å²) in [4.78, 5) is 12.0. The number of rotatable bonds is 5. The fourth-order valence-electron chi connectivity index (χ4n) is 3.67. The van der Waals surface area contributed by atoms with Crippen molar-refractivity contribution < 1.29 is 4.79 Å². The van der Waals surface area contributed by atoms with Gasteiger partial charge in [0, 0.05) is 24.3 Å². The van der Waals surface area contributed by atoms with Gasteiger partial charge < -0.3 is 10.6 Å². The summed E-state index contributed by atoms with van der Waals surface area (Å²) in [6.07, 6.45) is 6.10. The van der Waals surface area contributed by atoms with Crippen LogP contribution in [0.2, 0.25) is 0 Å². The first-order valence-electron chi connectivity index (χ1n) is 9.24. The van der Waals surface area contributed by atoms with E-state index in [1.807, 2.05) is 19.1 Å². The van der Waals surface area contributed by atoms with Crippen LogP contribution >= 0.6 is 0 Å². The van der Waals surface area contributed by atoms with E-state index in [4.69, 9.17) is 0 Å². The zero-order valence-corrected chi connectivity index (χ0v) is 15.5. The van der Waals surface area contributed by atoms with Crippen molar-refractivity contribution in [3.63, 3.8) is 0 Å². The van der Waals surface area contributed by atoms with Gasteiger partial charge in [-0.15, -0.1) is 0 Å². The lowest BCUT2D eigenvalue weighted by atomic mass is 9.96. The van der Waals surface area contributed by atoms with Gasteiger partial charge in [-0.3, -0.25) is 4.79 Å².